The summed E-state index contributed by atoms with van der Waals surface area (Å²) in [5, 5.41) is 0. The van der Waals surface area contributed by atoms with Gasteiger partial charge in [0.05, 0.1) is 6.33 Å². The fourth-order valence-electron chi connectivity index (χ4n) is 2.79. The molecule has 23 heavy (non-hydrogen) atoms. The van der Waals surface area contributed by atoms with Crippen LogP contribution in [0.2, 0.25) is 0 Å². The standard InChI is InChI=1S/C19H21FN2O/c20-11-15(12-21)14-23-19-7-6-17-13-22(9-8-16(17)10-19)18-4-2-1-3-5-18/h1-7,10-11H,8-9,12-14,21H2. The Balaban J connectivity index is 1.69. The number of fused-ring (bicyclic) bond motifs is 1. The van der Waals surface area contributed by atoms with E-state index in [9.17, 15) is 4.39 Å². The molecule has 0 atom stereocenters. The fourth-order valence-corrected chi connectivity index (χ4v) is 2.79. The van der Waals surface area contributed by atoms with Gasteiger partial charge in [-0.3, -0.25) is 0 Å². The lowest BCUT2D eigenvalue weighted by Crippen LogP contribution is -2.30. The van der Waals surface area contributed by atoms with E-state index in [1.165, 1.54) is 16.8 Å². The van der Waals surface area contributed by atoms with Crippen molar-refractivity contribution in [3.8, 4) is 5.75 Å². The van der Waals surface area contributed by atoms with Crippen LogP contribution in [0.4, 0.5) is 10.1 Å². The van der Waals surface area contributed by atoms with Gasteiger partial charge >= 0.3 is 0 Å². The number of benzene rings is 2. The lowest BCUT2D eigenvalue weighted by Gasteiger charge is -2.31. The van der Waals surface area contributed by atoms with E-state index in [4.69, 9.17) is 10.5 Å². The molecule has 3 nitrogen and oxygen atoms in total. The van der Waals surface area contributed by atoms with E-state index in [1.54, 1.807) is 0 Å². The van der Waals surface area contributed by atoms with Crippen molar-refractivity contribution < 1.29 is 9.13 Å². The third-order valence-electron chi connectivity index (χ3n) is 4.15. The number of nitrogens with two attached hydrogens (primary N) is 1. The maximum atomic E-state index is 12.5. The highest BCUT2D eigenvalue weighted by Gasteiger charge is 2.17. The summed E-state index contributed by atoms with van der Waals surface area (Å²) in [6, 6.07) is 16.5. The Bertz CT molecular complexity index is 685. The smallest absolute Gasteiger partial charge is 0.120 e. The molecule has 1 aliphatic rings. The number of hydrogen-bond donors (Lipinski definition) is 1. The maximum Gasteiger partial charge on any atom is 0.120 e. The summed E-state index contributed by atoms with van der Waals surface area (Å²) in [7, 11) is 0. The molecule has 0 radical (unpaired) electrons. The molecular formula is C19H21FN2O. The van der Waals surface area contributed by atoms with Crippen molar-refractivity contribution in [3.63, 3.8) is 0 Å². The van der Waals surface area contributed by atoms with Gasteiger partial charge in [0.1, 0.15) is 12.4 Å². The largest absolute Gasteiger partial charge is 0.489 e. The molecule has 1 aliphatic heterocycles. The first-order valence-corrected chi connectivity index (χ1v) is 7.83. The number of rotatable bonds is 5. The van der Waals surface area contributed by atoms with Gasteiger partial charge in [0.25, 0.3) is 0 Å². The Morgan fingerprint density at radius 1 is 1.17 bits per heavy atom. The van der Waals surface area contributed by atoms with E-state index < -0.39 is 0 Å². The molecule has 0 bridgehead atoms. The lowest BCUT2D eigenvalue weighted by molar-refractivity contribution is 0.347. The molecular weight excluding hydrogens is 291 g/mol. The summed E-state index contributed by atoms with van der Waals surface area (Å²) in [6.45, 7) is 2.26. The second-order valence-corrected chi connectivity index (χ2v) is 5.70. The molecule has 0 saturated carbocycles. The van der Waals surface area contributed by atoms with Crippen LogP contribution in [0.5, 0.6) is 5.75 Å². The predicted molar refractivity (Wildman–Crippen MR) is 91.4 cm³/mol. The van der Waals surface area contributed by atoms with E-state index in [0.717, 1.165) is 25.3 Å². The normalized spacial score (nSPS) is 14.5. The zero-order valence-corrected chi connectivity index (χ0v) is 13.0. The Morgan fingerprint density at radius 3 is 2.74 bits per heavy atom. The van der Waals surface area contributed by atoms with Crippen LogP contribution in [0.25, 0.3) is 0 Å². The van der Waals surface area contributed by atoms with E-state index >= 15 is 0 Å². The maximum absolute atomic E-state index is 12.5. The summed E-state index contributed by atoms with van der Waals surface area (Å²) in [6.07, 6.45) is 1.50. The van der Waals surface area contributed by atoms with Crippen LogP contribution in [0.15, 0.2) is 60.4 Å². The SMILES string of the molecule is NCC(=CF)COc1ccc2c(c1)CCN(c1ccccc1)C2. The van der Waals surface area contributed by atoms with Crippen molar-refractivity contribution in [2.75, 3.05) is 24.6 Å². The zero-order chi connectivity index (χ0) is 16.1. The van der Waals surface area contributed by atoms with Crippen LogP contribution < -0.4 is 15.4 Å². The van der Waals surface area contributed by atoms with Crippen LogP contribution in [0.1, 0.15) is 11.1 Å². The Kier molecular flexibility index (Phi) is 4.93. The summed E-state index contributed by atoms with van der Waals surface area (Å²) in [5.74, 6) is 0.768. The van der Waals surface area contributed by atoms with Gasteiger partial charge in [0, 0.05) is 30.9 Å². The molecule has 3 rings (SSSR count). The molecule has 0 amide bonds. The Morgan fingerprint density at radius 2 is 2.00 bits per heavy atom. The van der Waals surface area contributed by atoms with Crippen molar-refractivity contribution in [3.05, 3.63) is 71.6 Å². The first-order valence-electron chi connectivity index (χ1n) is 7.83. The van der Waals surface area contributed by atoms with Crippen molar-refractivity contribution in [1.82, 2.24) is 0 Å². The minimum absolute atomic E-state index is 0.174. The zero-order valence-electron chi connectivity index (χ0n) is 13.0. The molecule has 0 aromatic heterocycles. The number of anilines is 1. The van der Waals surface area contributed by atoms with Gasteiger partial charge in [0.2, 0.25) is 0 Å². The van der Waals surface area contributed by atoms with Gasteiger partial charge in [0.15, 0.2) is 0 Å². The predicted octanol–water partition coefficient (Wildman–Crippen LogP) is 3.44. The molecule has 120 valence electrons. The van der Waals surface area contributed by atoms with Gasteiger partial charge < -0.3 is 15.4 Å². The fraction of sp³-hybridized carbons (Fsp3) is 0.263. The van der Waals surface area contributed by atoms with E-state index in [-0.39, 0.29) is 13.2 Å². The monoisotopic (exact) mass is 312 g/mol. The van der Waals surface area contributed by atoms with Gasteiger partial charge in [-0.2, -0.15) is 0 Å². The summed E-state index contributed by atoms with van der Waals surface area (Å²) in [4.78, 5) is 2.38. The average Bonchev–Trinajstić information content (AvgIpc) is 2.63. The topological polar surface area (TPSA) is 38.5 Å². The van der Waals surface area contributed by atoms with Crippen molar-refractivity contribution in [2.24, 2.45) is 5.73 Å². The van der Waals surface area contributed by atoms with Crippen LogP contribution in [-0.2, 0) is 13.0 Å². The number of halogens is 1. The Labute approximate surface area is 136 Å². The number of para-hydroxylation sites is 1. The second-order valence-electron chi connectivity index (χ2n) is 5.70. The molecule has 2 aromatic carbocycles. The van der Waals surface area contributed by atoms with Gasteiger partial charge in [-0.1, -0.05) is 24.3 Å². The van der Waals surface area contributed by atoms with Crippen LogP contribution in [-0.4, -0.2) is 19.7 Å². The van der Waals surface area contributed by atoms with Gasteiger partial charge in [-0.05, 0) is 41.8 Å². The van der Waals surface area contributed by atoms with Crippen LogP contribution >= 0.6 is 0 Å². The van der Waals surface area contributed by atoms with Gasteiger partial charge in [-0.15, -0.1) is 0 Å². The van der Waals surface area contributed by atoms with Crippen molar-refractivity contribution in [1.29, 1.82) is 0 Å². The lowest BCUT2D eigenvalue weighted by atomic mass is 9.99. The minimum Gasteiger partial charge on any atom is -0.489 e. The van der Waals surface area contributed by atoms with E-state index in [2.05, 4.69) is 41.3 Å². The molecule has 4 heteroatoms. The van der Waals surface area contributed by atoms with E-state index in [0.29, 0.717) is 11.9 Å². The molecule has 2 aromatic rings. The van der Waals surface area contributed by atoms with Crippen molar-refractivity contribution in [2.45, 2.75) is 13.0 Å². The molecule has 0 aliphatic carbocycles. The highest BCUT2D eigenvalue weighted by Crippen LogP contribution is 2.27. The third kappa shape index (κ3) is 3.71. The molecule has 0 unspecified atom stereocenters. The molecule has 2 N–H and O–H groups in total. The second kappa shape index (κ2) is 7.29. The molecule has 0 fully saturated rings. The van der Waals surface area contributed by atoms with Gasteiger partial charge in [-0.25, -0.2) is 4.39 Å². The van der Waals surface area contributed by atoms with E-state index in [1.807, 2.05) is 12.1 Å². The quantitative estimate of drug-likeness (QED) is 0.919. The van der Waals surface area contributed by atoms with Crippen LogP contribution in [0.3, 0.4) is 0 Å². The molecule has 0 spiro atoms. The molecule has 0 saturated heterocycles. The third-order valence-corrected chi connectivity index (χ3v) is 4.15. The summed E-state index contributed by atoms with van der Waals surface area (Å²) < 4.78 is 18.1. The number of ether oxygens (including phenoxy) is 1. The first kappa shape index (κ1) is 15.6. The highest BCUT2D eigenvalue weighted by molar-refractivity contribution is 5.50. The van der Waals surface area contributed by atoms with Crippen LogP contribution in [0, 0.1) is 0 Å². The van der Waals surface area contributed by atoms with Crippen molar-refractivity contribution >= 4 is 5.69 Å². The number of nitrogens with zero attached hydrogens (tertiary/aromatic N) is 1. The summed E-state index contributed by atoms with van der Waals surface area (Å²) in [5.41, 5.74) is 9.75. The Hall–Kier alpha value is -2.33. The summed E-state index contributed by atoms with van der Waals surface area (Å²) >= 11 is 0. The first-order chi connectivity index (χ1) is 11.3. The number of hydrogen-bond acceptors (Lipinski definition) is 3. The average molecular weight is 312 g/mol. The highest BCUT2D eigenvalue weighted by atomic mass is 19.1. The molecule has 1 heterocycles. The minimum atomic E-state index is 0.174.